The van der Waals surface area contributed by atoms with E-state index in [9.17, 15) is 18.0 Å². The summed E-state index contributed by atoms with van der Waals surface area (Å²) in [5.41, 5.74) is 2.45. The molecule has 1 N–H and O–H groups in total. The van der Waals surface area contributed by atoms with Crippen molar-refractivity contribution in [2.24, 2.45) is 0 Å². The van der Waals surface area contributed by atoms with Crippen LogP contribution < -0.4 is 9.62 Å². The molecule has 0 radical (unpaired) electrons. The van der Waals surface area contributed by atoms with Crippen molar-refractivity contribution in [2.45, 2.75) is 44.2 Å². The summed E-state index contributed by atoms with van der Waals surface area (Å²) in [4.78, 5) is 29.7. The molecule has 4 aromatic rings. The molecule has 1 atom stereocenters. The minimum Gasteiger partial charge on any atom is -0.354 e. The quantitative estimate of drug-likeness (QED) is 0.167. The Hall–Kier alpha value is -3.66. The number of anilines is 1. The maximum Gasteiger partial charge on any atom is 0.264 e. The predicted octanol–water partition coefficient (Wildman–Crippen LogP) is 6.77. The Labute approximate surface area is 273 Å². The molecule has 2 amide bonds. The number of sulfonamides is 1. The zero-order chi connectivity index (χ0) is 31.7. The number of benzene rings is 4. The van der Waals surface area contributed by atoms with E-state index >= 15 is 0 Å². The number of hydrogen-bond donors (Lipinski definition) is 1. The van der Waals surface area contributed by atoms with Gasteiger partial charge in [0.25, 0.3) is 10.0 Å². The van der Waals surface area contributed by atoms with Gasteiger partial charge in [-0.2, -0.15) is 0 Å². The maximum absolute atomic E-state index is 14.5. The fourth-order valence-corrected chi connectivity index (χ4v) is 6.96. The molecule has 4 rings (SSSR count). The maximum atomic E-state index is 14.5. The van der Waals surface area contributed by atoms with Crippen molar-refractivity contribution in [3.05, 3.63) is 129 Å². The summed E-state index contributed by atoms with van der Waals surface area (Å²) in [5.74, 6) is -0.841. The molecule has 0 fully saturated rings. The van der Waals surface area contributed by atoms with Gasteiger partial charge in [0.05, 0.1) is 10.6 Å². The van der Waals surface area contributed by atoms with Crippen LogP contribution in [-0.4, -0.2) is 44.3 Å². The Bertz CT molecular complexity index is 1690. The number of nitrogens with one attached hydrogen (secondary N) is 1. The number of hydrogen-bond acceptors (Lipinski definition) is 4. The van der Waals surface area contributed by atoms with Gasteiger partial charge >= 0.3 is 0 Å². The van der Waals surface area contributed by atoms with Crippen molar-refractivity contribution < 1.29 is 18.0 Å². The van der Waals surface area contributed by atoms with Crippen molar-refractivity contribution in [2.75, 3.05) is 17.4 Å². The number of nitrogens with zero attached hydrogens (tertiary/aromatic N) is 2. The average molecular weight is 697 g/mol. The van der Waals surface area contributed by atoms with Crippen molar-refractivity contribution in [1.29, 1.82) is 0 Å². The second kappa shape index (κ2) is 15.4. The lowest BCUT2D eigenvalue weighted by molar-refractivity contribution is -0.140. The van der Waals surface area contributed by atoms with Crippen molar-refractivity contribution in [3.8, 4) is 0 Å². The van der Waals surface area contributed by atoms with E-state index in [-0.39, 0.29) is 29.5 Å². The van der Waals surface area contributed by atoms with Crippen LogP contribution in [0.1, 0.15) is 30.0 Å². The first-order chi connectivity index (χ1) is 21.1. The van der Waals surface area contributed by atoms with E-state index in [1.54, 1.807) is 43.3 Å². The summed E-state index contributed by atoms with van der Waals surface area (Å²) in [6, 6.07) is 28.9. The second-order valence-electron chi connectivity index (χ2n) is 10.4. The van der Waals surface area contributed by atoms with Crippen LogP contribution in [0.4, 0.5) is 5.69 Å². The normalized spacial score (nSPS) is 11.9. The topological polar surface area (TPSA) is 86.8 Å². The predicted molar refractivity (Wildman–Crippen MR) is 179 cm³/mol. The van der Waals surface area contributed by atoms with Crippen LogP contribution >= 0.6 is 27.5 Å². The molecule has 0 aliphatic carbocycles. The molecule has 0 spiro atoms. The lowest BCUT2D eigenvalue weighted by Gasteiger charge is -2.34. The van der Waals surface area contributed by atoms with Crippen LogP contribution in [0.5, 0.6) is 0 Å². The van der Waals surface area contributed by atoms with Crippen LogP contribution in [0.3, 0.4) is 0 Å². The highest BCUT2D eigenvalue weighted by molar-refractivity contribution is 9.10. The molecule has 230 valence electrons. The molecule has 7 nitrogen and oxygen atoms in total. The summed E-state index contributed by atoms with van der Waals surface area (Å²) in [6.07, 6.45) is 0.971. The molecule has 0 saturated heterocycles. The zero-order valence-electron chi connectivity index (χ0n) is 24.6. The molecule has 1 unspecified atom stereocenters. The van der Waals surface area contributed by atoms with Gasteiger partial charge in [-0.05, 0) is 66.4 Å². The molecule has 4 aromatic carbocycles. The minimum atomic E-state index is -4.20. The Kier molecular flexibility index (Phi) is 11.6. The number of carbonyl (C=O) groups is 2. The lowest BCUT2D eigenvalue weighted by atomic mass is 10.0. The molecule has 44 heavy (non-hydrogen) atoms. The Balaban J connectivity index is 1.82. The van der Waals surface area contributed by atoms with Gasteiger partial charge in [0.2, 0.25) is 11.8 Å². The summed E-state index contributed by atoms with van der Waals surface area (Å²) in [7, 11) is -4.20. The minimum absolute atomic E-state index is 0.0345. The van der Waals surface area contributed by atoms with E-state index in [1.165, 1.54) is 17.0 Å². The second-order valence-corrected chi connectivity index (χ2v) is 13.5. The van der Waals surface area contributed by atoms with Crippen molar-refractivity contribution in [3.63, 3.8) is 0 Å². The number of halogens is 2. The Morgan fingerprint density at radius 2 is 1.52 bits per heavy atom. The number of amides is 2. The lowest BCUT2D eigenvalue weighted by Crippen LogP contribution is -2.53. The standard InChI is InChI=1S/C34H35BrClN3O4S/c1-3-20-37-34(41)32(22-26-12-6-4-7-13-26)38(23-27-14-10-15-28(35)21-27)33(40)24-39(31-19-11-18-30(36)25(31)2)44(42,43)29-16-8-5-9-17-29/h4-19,21,32H,3,20,22-24H2,1-2H3,(H,37,41). The van der Waals surface area contributed by atoms with E-state index in [4.69, 9.17) is 11.6 Å². The summed E-state index contributed by atoms with van der Waals surface area (Å²) >= 11 is 9.93. The van der Waals surface area contributed by atoms with Gasteiger partial charge in [0, 0.05) is 29.0 Å². The molecule has 0 bridgehead atoms. The highest BCUT2D eigenvalue weighted by Gasteiger charge is 2.35. The van der Waals surface area contributed by atoms with E-state index in [0.29, 0.717) is 17.1 Å². The molecule has 0 aliphatic heterocycles. The van der Waals surface area contributed by atoms with Crippen LogP contribution in [-0.2, 0) is 32.6 Å². The Morgan fingerprint density at radius 3 is 2.18 bits per heavy atom. The van der Waals surface area contributed by atoms with Gasteiger partial charge in [0.1, 0.15) is 12.6 Å². The third kappa shape index (κ3) is 8.28. The van der Waals surface area contributed by atoms with E-state index in [2.05, 4.69) is 21.2 Å². The molecule has 0 aromatic heterocycles. The zero-order valence-corrected chi connectivity index (χ0v) is 27.8. The molecular formula is C34H35BrClN3O4S. The van der Waals surface area contributed by atoms with Gasteiger partial charge in [-0.15, -0.1) is 0 Å². The van der Waals surface area contributed by atoms with Gasteiger partial charge in [-0.25, -0.2) is 8.42 Å². The van der Waals surface area contributed by atoms with E-state index < -0.39 is 28.5 Å². The first kappa shape index (κ1) is 33.2. The van der Waals surface area contributed by atoms with Crippen LogP contribution in [0.15, 0.2) is 112 Å². The molecule has 0 aliphatic rings. The highest BCUT2D eigenvalue weighted by Crippen LogP contribution is 2.31. The fraction of sp³-hybridized carbons (Fsp3) is 0.235. The largest absolute Gasteiger partial charge is 0.354 e. The molecule has 0 saturated carbocycles. The Morgan fingerprint density at radius 1 is 0.886 bits per heavy atom. The third-order valence-corrected chi connectivity index (χ3v) is 9.86. The monoisotopic (exact) mass is 695 g/mol. The third-order valence-electron chi connectivity index (χ3n) is 7.18. The number of carbonyl (C=O) groups excluding carboxylic acids is 2. The highest BCUT2D eigenvalue weighted by atomic mass is 79.9. The van der Waals surface area contributed by atoms with Crippen LogP contribution in [0.25, 0.3) is 0 Å². The fourth-order valence-electron chi connectivity index (χ4n) is 4.85. The average Bonchev–Trinajstić information content (AvgIpc) is 3.02. The molecular weight excluding hydrogens is 662 g/mol. The first-order valence-electron chi connectivity index (χ1n) is 14.3. The van der Waals surface area contributed by atoms with E-state index in [0.717, 1.165) is 26.3 Å². The van der Waals surface area contributed by atoms with Crippen molar-refractivity contribution >= 4 is 55.1 Å². The van der Waals surface area contributed by atoms with Gasteiger partial charge in [-0.3, -0.25) is 13.9 Å². The molecule has 10 heteroatoms. The number of rotatable bonds is 13. The van der Waals surface area contributed by atoms with Gasteiger partial charge < -0.3 is 10.2 Å². The van der Waals surface area contributed by atoms with Crippen LogP contribution in [0, 0.1) is 6.92 Å². The summed E-state index contributed by atoms with van der Waals surface area (Å²) < 4.78 is 30.1. The molecule has 0 heterocycles. The van der Waals surface area contributed by atoms with E-state index in [1.807, 2.05) is 61.5 Å². The van der Waals surface area contributed by atoms with Gasteiger partial charge in [-0.1, -0.05) is 101 Å². The SMILES string of the molecule is CCCNC(=O)C(Cc1ccccc1)N(Cc1cccc(Br)c1)C(=O)CN(c1cccc(Cl)c1C)S(=O)(=O)c1ccccc1. The summed E-state index contributed by atoms with van der Waals surface area (Å²) in [6.45, 7) is 3.66. The first-order valence-corrected chi connectivity index (χ1v) is 16.9. The summed E-state index contributed by atoms with van der Waals surface area (Å²) in [5, 5.41) is 3.32. The van der Waals surface area contributed by atoms with Gasteiger partial charge in [0.15, 0.2) is 0 Å². The van der Waals surface area contributed by atoms with Crippen molar-refractivity contribution in [1.82, 2.24) is 10.2 Å². The van der Waals surface area contributed by atoms with Crippen LogP contribution in [0.2, 0.25) is 5.02 Å². The smallest absolute Gasteiger partial charge is 0.264 e.